The van der Waals surface area contributed by atoms with E-state index in [4.69, 9.17) is 15.1 Å². The fourth-order valence-corrected chi connectivity index (χ4v) is 5.50. The summed E-state index contributed by atoms with van der Waals surface area (Å²) in [5.74, 6) is 2.99. The molecule has 0 atom stereocenters. The second-order valence-electron chi connectivity index (χ2n) is 9.81. The van der Waals surface area contributed by atoms with Crippen molar-refractivity contribution in [2.45, 2.75) is 57.3 Å². The number of carbonyl (C=O) groups excluding carboxylic acids is 1. The highest BCUT2D eigenvalue weighted by molar-refractivity contribution is 5.88. The second kappa shape index (κ2) is 8.76. The fraction of sp³-hybridized carbons (Fsp3) is 0.538. The molecule has 172 valence electrons. The van der Waals surface area contributed by atoms with E-state index in [1.807, 2.05) is 29.1 Å². The minimum absolute atomic E-state index is 0.268. The molecule has 1 amide bonds. The van der Waals surface area contributed by atoms with Crippen molar-refractivity contribution < 1.29 is 4.79 Å². The van der Waals surface area contributed by atoms with Crippen molar-refractivity contribution in [2.24, 2.45) is 5.92 Å². The first kappa shape index (κ1) is 20.6. The van der Waals surface area contributed by atoms with Crippen LogP contribution in [0.15, 0.2) is 36.5 Å². The van der Waals surface area contributed by atoms with E-state index < -0.39 is 0 Å². The zero-order valence-corrected chi connectivity index (χ0v) is 19.2. The number of piperazine rings is 1. The third-order valence-corrected chi connectivity index (χ3v) is 7.74. The lowest BCUT2D eigenvalue weighted by molar-refractivity contribution is -0.138. The molecule has 7 heteroatoms. The molecule has 0 N–H and O–H groups in total. The average Bonchev–Trinajstić information content (AvgIpc) is 3.28. The number of rotatable bonds is 4. The summed E-state index contributed by atoms with van der Waals surface area (Å²) in [6, 6.07) is 10.2. The lowest BCUT2D eigenvalue weighted by Gasteiger charge is -2.39. The summed E-state index contributed by atoms with van der Waals surface area (Å²) in [7, 11) is 0. The van der Waals surface area contributed by atoms with Crippen LogP contribution in [-0.4, -0.2) is 56.7 Å². The largest absolute Gasteiger partial charge is 0.352 e. The van der Waals surface area contributed by atoms with E-state index in [9.17, 15) is 4.79 Å². The molecule has 1 aliphatic heterocycles. The van der Waals surface area contributed by atoms with E-state index in [0.29, 0.717) is 11.8 Å². The van der Waals surface area contributed by atoms with Crippen molar-refractivity contribution in [3.63, 3.8) is 0 Å². The van der Waals surface area contributed by atoms with E-state index in [1.54, 1.807) is 0 Å². The lowest BCUT2D eigenvalue weighted by atomic mass is 9.84. The topological polar surface area (TPSA) is 67.2 Å². The molecule has 7 nitrogen and oxygen atoms in total. The minimum atomic E-state index is 0.268. The SMILES string of the molecule is O=C(C1CCC1)N1CCN(c2nc(C3CCCCC3)nc3c2cnn3-c2ccccc2)CC1. The molecule has 2 aliphatic carbocycles. The van der Waals surface area contributed by atoms with Crippen molar-refractivity contribution >= 4 is 22.8 Å². The van der Waals surface area contributed by atoms with Crippen molar-refractivity contribution in [2.75, 3.05) is 31.1 Å². The third kappa shape index (κ3) is 3.87. The highest BCUT2D eigenvalue weighted by Gasteiger charge is 2.32. The van der Waals surface area contributed by atoms with E-state index in [2.05, 4.69) is 21.9 Å². The highest BCUT2D eigenvalue weighted by atomic mass is 16.2. The first-order valence-corrected chi connectivity index (χ1v) is 12.6. The molecule has 3 aromatic rings. The molecule has 33 heavy (non-hydrogen) atoms. The van der Waals surface area contributed by atoms with E-state index in [-0.39, 0.29) is 5.92 Å². The molecule has 3 heterocycles. The van der Waals surface area contributed by atoms with Crippen LogP contribution in [0.2, 0.25) is 0 Å². The molecule has 0 spiro atoms. The molecule has 0 bridgehead atoms. The van der Waals surface area contributed by atoms with Crippen molar-refractivity contribution in [1.29, 1.82) is 0 Å². The summed E-state index contributed by atoms with van der Waals surface area (Å²) in [6.45, 7) is 3.16. The molecule has 3 fully saturated rings. The Morgan fingerprint density at radius 3 is 2.30 bits per heavy atom. The molecule has 2 saturated carbocycles. The van der Waals surface area contributed by atoms with Gasteiger partial charge in [0.25, 0.3) is 0 Å². The second-order valence-corrected chi connectivity index (χ2v) is 9.81. The Morgan fingerprint density at radius 1 is 0.848 bits per heavy atom. The Balaban J connectivity index is 1.34. The number of amides is 1. The van der Waals surface area contributed by atoms with Gasteiger partial charge in [0.15, 0.2) is 5.65 Å². The van der Waals surface area contributed by atoms with Crippen molar-refractivity contribution in [3.8, 4) is 5.69 Å². The maximum atomic E-state index is 12.7. The van der Waals surface area contributed by atoms with E-state index in [0.717, 1.165) is 80.2 Å². The maximum Gasteiger partial charge on any atom is 0.225 e. The summed E-state index contributed by atoms with van der Waals surface area (Å²) in [5, 5.41) is 5.71. The molecular formula is C26H32N6O. The Bertz CT molecular complexity index is 1120. The average molecular weight is 445 g/mol. The molecule has 3 aliphatic rings. The normalized spacial score (nSPS) is 20.2. The van der Waals surface area contributed by atoms with E-state index in [1.165, 1.54) is 25.7 Å². The molecule has 0 unspecified atom stereocenters. The zero-order valence-electron chi connectivity index (χ0n) is 19.2. The smallest absolute Gasteiger partial charge is 0.225 e. The molecule has 6 rings (SSSR count). The Labute approximate surface area is 194 Å². The van der Waals surface area contributed by atoms with Crippen LogP contribution >= 0.6 is 0 Å². The van der Waals surface area contributed by atoms with Gasteiger partial charge in [0.1, 0.15) is 11.6 Å². The molecule has 0 radical (unpaired) electrons. The van der Waals surface area contributed by atoms with Gasteiger partial charge in [-0.3, -0.25) is 4.79 Å². The monoisotopic (exact) mass is 444 g/mol. The molecular weight excluding hydrogens is 412 g/mol. The number of hydrogen-bond donors (Lipinski definition) is 0. The van der Waals surface area contributed by atoms with Gasteiger partial charge in [-0.25, -0.2) is 14.6 Å². The summed E-state index contributed by atoms with van der Waals surface area (Å²) in [4.78, 5) is 27.4. The number of anilines is 1. The molecule has 1 aromatic carbocycles. The summed E-state index contributed by atoms with van der Waals surface area (Å²) in [6.07, 6.45) is 11.4. The Hall–Kier alpha value is -2.96. The number of aromatic nitrogens is 4. The first-order chi connectivity index (χ1) is 16.3. The summed E-state index contributed by atoms with van der Waals surface area (Å²) < 4.78 is 1.95. The van der Waals surface area contributed by atoms with Crippen molar-refractivity contribution in [1.82, 2.24) is 24.6 Å². The Morgan fingerprint density at radius 2 is 1.61 bits per heavy atom. The van der Waals surface area contributed by atoms with Crippen LogP contribution < -0.4 is 4.90 Å². The van der Waals surface area contributed by atoms with Gasteiger partial charge in [-0.1, -0.05) is 43.9 Å². The zero-order chi connectivity index (χ0) is 22.2. The predicted molar refractivity (Wildman–Crippen MR) is 129 cm³/mol. The predicted octanol–water partition coefficient (Wildman–Crippen LogP) is 4.31. The van der Waals surface area contributed by atoms with Crippen LogP contribution in [0, 0.1) is 5.92 Å². The van der Waals surface area contributed by atoms with Crippen LogP contribution in [0.1, 0.15) is 63.1 Å². The summed E-state index contributed by atoms with van der Waals surface area (Å²) in [5.41, 5.74) is 1.91. The van der Waals surface area contributed by atoms with Gasteiger partial charge >= 0.3 is 0 Å². The van der Waals surface area contributed by atoms with Gasteiger partial charge in [-0.2, -0.15) is 5.10 Å². The number of benzene rings is 1. The van der Waals surface area contributed by atoms with Crippen LogP contribution in [0.3, 0.4) is 0 Å². The minimum Gasteiger partial charge on any atom is -0.352 e. The van der Waals surface area contributed by atoms with Gasteiger partial charge in [0, 0.05) is 38.0 Å². The quantitative estimate of drug-likeness (QED) is 0.600. The maximum absolute atomic E-state index is 12.7. The van der Waals surface area contributed by atoms with Crippen LogP contribution in [0.5, 0.6) is 0 Å². The van der Waals surface area contributed by atoms with Crippen LogP contribution in [0.25, 0.3) is 16.7 Å². The molecule has 2 aromatic heterocycles. The van der Waals surface area contributed by atoms with Crippen LogP contribution in [0.4, 0.5) is 5.82 Å². The number of hydrogen-bond acceptors (Lipinski definition) is 5. The van der Waals surface area contributed by atoms with Crippen molar-refractivity contribution in [3.05, 3.63) is 42.4 Å². The summed E-state index contributed by atoms with van der Waals surface area (Å²) >= 11 is 0. The third-order valence-electron chi connectivity index (χ3n) is 7.74. The first-order valence-electron chi connectivity index (χ1n) is 12.6. The highest BCUT2D eigenvalue weighted by Crippen LogP contribution is 2.35. The van der Waals surface area contributed by atoms with E-state index >= 15 is 0 Å². The Kier molecular flexibility index (Phi) is 5.48. The van der Waals surface area contributed by atoms with Gasteiger partial charge in [-0.05, 0) is 37.8 Å². The lowest BCUT2D eigenvalue weighted by Crippen LogP contribution is -2.51. The van der Waals surface area contributed by atoms with Gasteiger partial charge < -0.3 is 9.80 Å². The number of fused-ring (bicyclic) bond motifs is 1. The number of nitrogens with zero attached hydrogens (tertiary/aromatic N) is 6. The van der Waals surface area contributed by atoms with Gasteiger partial charge in [0.2, 0.25) is 5.91 Å². The van der Waals surface area contributed by atoms with Crippen LogP contribution in [-0.2, 0) is 4.79 Å². The van der Waals surface area contributed by atoms with Gasteiger partial charge in [-0.15, -0.1) is 0 Å². The molecule has 1 saturated heterocycles. The van der Waals surface area contributed by atoms with Gasteiger partial charge in [0.05, 0.1) is 17.3 Å². The number of carbonyl (C=O) groups is 1. The fourth-order valence-electron chi connectivity index (χ4n) is 5.50. The number of para-hydroxylation sites is 1. The standard InChI is InChI=1S/C26H32N6O/c33-26(20-10-7-11-20)31-16-14-30(15-17-31)24-22-18-27-32(21-12-5-2-6-13-21)25(22)29-23(28-24)19-8-3-1-4-9-19/h2,5-6,12-13,18-20H,1,3-4,7-11,14-17H2.